The summed E-state index contributed by atoms with van der Waals surface area (Å²) in [5.74, 6) is 1.30. The summed E-state index contributed by atoms with van der Waals surface area (Å²) < 4.78 is 5.48. The first kappa shape index (κ1) is 20.6. The fourth-order valence-electron chi connectivity index (χ4n) is 3.08. The van der Waals surface area contributed by atoms with Crippen LogP contribution < -0.4 is 9.64 Å². The molecule has 0 atom stereocenters. The van der Waals surface area contributed by atoms with E-state index in [-0.39, 0.29) is 11.3 Å². The molecule has 0 aliphatic heterocycles. The van der Waals surface area contributed by atoms with Gasteiger partial charge in [0.1, 0.15) is 11.6 Å². The summed E-state index contributed by atoms with van der Waals surface area (Å²) in [4.78, 5) is 19.4. The maximum absolute atomic E-state index is 13.3. The van der Waals surface area contributed by atoms with Gasteiger partial charge in [-0.15, -0.1) is 0 Å². The lowest BCUT2D eigenvalue weighted by molar-refractivity contribution is 0.0984. The van der Waals surface area contributed by atoms with Gasteiger partial charge in [-0.2, -0.15) is 0 Å². The molecule has 0 N–H and O–H groups in total. The second-order valence-corrected chi connectivity index (χ2v) is 7.98. The van der Waals surface area contributed by atoms with Gasteiger partial charge in [0.15, 0.2) is 0 Å². The van der Waals surface area contributed by atoms with Crippen LogP contribution in [-0.4, -0.2) is 17.5 Å². The highest BCUT2D eigenvalue weighted by atomic mass is 16.5. The van der Waals surface area contributed by atoms with Crippen LogP contribution in [0.15, 0.2) is 72.9 Å². The molecule has 3 rings (SSSR count). The van der Waals surface area contributed by atoms with Crippen LogP contribution >= 0.6 is 0 Å². The Labute approximate surface area is 173 Å². The Balaban J connectivity index is 1.88. The summed E-state index contributed by atoms with van der Waals surface area (Å²) in [6.45, 7) is 9.56. The van der Waals surface area contributed by atoms with Gasteiger partial charge < -0.3 is 4.74 Å². The smallest absolute Gasteiger partial charge is 0.259 e. The first-order chi connectivity index (χ1) is 13.9. The summed E-state index contributed by atoms with van der Waals surface area (Å²) in [5, 5.41) is 0. The lowest BCUT2D eigenvalue weighted by Gasteiger charge is -2.23. The Hall–Kier alpha value is -3.14. The van der Waals surface area contributed by atoms with Crippen LogP contribution in [0.3, 0.4) is 0 Å². The molecule has 0 unspecified atom stereocenters. The van der Waals surface area contributed by atoms with Gasteiger partial charge in [0.2, 0.25) is 0 Å². The van der Waals surface area contributed by atoms with Crippen molar-refractivity contribution in [1.82, 2.24) is 4.98 Å². The second-order valence-electron chi connectivity index (χ2n) is 7.98. The van der Waals surface area contributed by atoms with Gasteiger partial charge in [-0.05, 0) is 59.9 Å². The second kappa shape index (κ2) is 8.91. The quantitative estimate of drug-likeness (QED) is 0.550. The number of benzene rings is 2. The van der Waals surface area contributed by atoms with Gasteiger partial charge in [-0.25, -0.2) is 4.98 Å². The zero-order valence-corrected chi connectivity index (χ0v) is 17.6. The van der Waals surface area contributed by atoms with E-state index in [1.807, 2.05) is 37.3 Å². The molecule has 0 aliphatic rings. The first-order valence-electron chi connectivity index (χ1n) is 9.93. The molecule has 1 amide bonds. The standard InChI is InChI=1S/C25H28N2O2/c1-5-29-22-15-11-20(12-16-22)24(28)27(23-8-6-7-17-26-23)18-19-9-13-21(14-10-19)25(2,3)4/h6-17H,5,18H2,1-4H3. The van der Waals surface area contributed by atoms with E-state index < -0.39 is 0 Å². The topological polar surface area (TPSA) is 42.4 Å². The van der Waals surface area contributed by atoms with Crippen LogP contribution in [0, 0.1) is 0 Å². The first-order valence-corrected chi connectivity index (χ1v) is 9.93. The van der Waals surface area contributed by atoms with Crippen molar-refractivity contribution in [2.24, 2.45) is 0 Å². The van der Waals surface area contributed by atoms with Crippen LogP contribution in [0.5, 0.6) is 5.75 Å². The van der Waals surface area contributed by atoms with E-state index in [2.05, 4.69) is 50.0 Å². The third kappa shape index (κ3) is 5.23. The van der Waals surface area contributed by atoms with Crippen LogP contribution in [0.2, 0.25) is 0 Å². The van der Waals surface area contributed by atoms with E-state index in [9.17, 15) is 4.79 Å². The summed E-state index contributed by atoms with van der Waals surface area (Å²) in [7, 11) is 0. The number of pyridine rings is 1. The molecule has 0 bridgehead atoms. The van der Waals surface area contributed by atoms with Crippen LogP contribution in [0.25, 0.3) is 0 Å². The third-order valence-electron chi connectivity index (χ3n) is 4.74. The van der Waals surface area contributed by atoms with Gasteiger partial charge in [0.25, 0.3) is 5.91 Å². The SMILES string of the molecule is CCOc1ccc(C(=O)N(Cc2ccc(C(C)(C)C)cc2)c2ccccn2)cc1. The summed E-state index contributed by atoms with van der Waals surface area (Å²) in [5.41, 5.74) is 3.02. The zero-order chi connectivity index (χ0) is 20.9. The van der Waals surface area contributed by atoms with E-state index >= 15 is 0 Å². The summed E-state index contributed by atoms with van der Waals surface area (Å²) in [6.07, 6.45) is 1.70. The molecular formula is C25H28N2O2. The summed E-state index contributed by atoms with van der Waals surface area (Å²) in [6, 6.07) is 21.3. The van der Waals surface area contributed by atoms with Gasteiger partial charge in [0, 0.05) is 11.8 Å². The van der Waals surface area contributed by atoms with Crippen molar-refractivity contribution in [2.75, 3.05) is 11.5 Å². The number of carbonyl (C=O) groups excluding carboxylic acids is 1. The molecular weight excluding hydrogens is 360 g/mol. The van der Waals surface area contributed by atoms with Crippen LogP contribution in [0.1, 0.15) is 49.2 Å². The molecule has 1 aromatic heterocycles. The monoisotopic (exact) mass is 388 g/mol. The van der Waals surface area contributed by atoms with E-state index in [4.69, 9.17) is 4.74 Å². The Morgan fingerprint density at radius 3 is 2.21 bits per heavy atom. The molecule has 4 heteroatoms. The Kier molecular flexibility index (Phi) is 6.32. The molecule has 0 radical (unpaired) electrons. The van der Waals surface area contributed by atoms with Gasteiger partial charge >= 0.3 is 0 Å². The van der Waals surface area contributed by atoms with Crippen LogP contribution in [0.4, 0.5) is 5.82 Å². The van der Waals surface area contributed by atoms with Crippen LogP contribution in [-0.2, 0) is 12.0 Å². The average Bonchev–Trinajstić information content (AvgIpc) is 2.73. The fourth-order valence-corrected chi connectivity index (χ4v) is 3.08. The van der Waals surface area contributed by atoms with Crippen molar-refractivity contribution in [3.8, 4) is 5.75 Å². The number of hydrogen-bond acceptors (Lipinski definition) is 3. The number of nitrogens with zero attached hydrogens (tertiary/aromatic N) is 2. The third-order valence-corrected chi connectivity index (χ3v) is 4.74. The zero-order valence-electron chi connectivity index (χ0n) is 17.6. The lowest BCUT2D eigenvalue weighted by Crippen LogP contribution is -2.31. The molecule has 150 valence electrons. The van der Waals surface area contributed by atoms with Gasteiger partial charge in [0.05, 0.1) is 13.2 Å². The number of rotatable bonds is 6. The number of carbonyl (C=O) groups is 1. The predicted molar refractivity (Wildman–Crippen MR) is 118 cm³/mol. The van der Waals surface area contributed by atoms with E-state index in [1.54, 1.807) is 23.2 Å². The number of hydrogen-bond donors (Lipinski definition) is 0. The summed E-state index contributed by atoms with van der Waals surface area (Å²) >= 11 is 0. The van der Waals surface area contributed by atoms with Crippen molar-refractivity contribution in [3.05, 3.63) is 89.6 Å². The molecule has 0 saturated heterocycles. The average molecular weight is 389 g/mol. The van der Waals surface area contributed by atoms with Gasteiger partial charge in [-0.1, -0.05) is 51.1 Å². The highest BCUT2D eigenvalue weighted by Gasteiger charge is 2.20. The maximum atomic E-state index is 13.3. The van der Waals surface area contributed by atoms with E-state index in [1.165, 1.54) is 5.56 Å². The Morgan fingerprint density at radius 2 is 1.66 bits per heavy atom. The number of amides is 1. The molecule has 2 aromatic carbocycles. The molecule has 1 heterocycles. The molecule has 3 aromatic rings. The number of anilines is 1. The van der Waals surface area contributed by atoms with Crippen molar-refractivity contribution >= 4 is 11.7 Å². The minimum absolute atomic E-state index is 0.0911. The predicted octanol–water partition coefficient (Wildman–Crippen LogP) is 5.62. The largest absolute Gasteiger partial charge is 0.494 e. The Bertz CT molecular complexity index is 927. The minimum atomic E-state index is -0.0911. The Morgan fingerprint density at radius 1 is 0.966 bits per heavy atom. The number of ether oxygens (including phenoxy) is 1. The molecule has 0 fully saturated rings. The minimum Gasteiger partial charge on any atom is -0.494 e. The highest BCUT2D eigenvalue weighted by molar-refractivity contribution is 6.05. The molecule has 0 saturated carbocycles. The van der Waals surface area contributed by atoms with Crippen molar-refractivity contribution in [1.29, 1.82) is 0 Å². The van der Waals surface area contributed by atoms with Crippen molar-refractivity contribution in [3.63, 3.8) is 0 Å². The van der Waals surface area contributed by atoms with E-state index in [0.717, 1.165) is 11.3 Å². The normalized spacial score (nSPS) is 11.2. The van der Waals surface area contributed by atoms with E-state index in [0.29, 0.717) is 24.5 Å². The fraction of sp³-hybridized carbons (Fsp3) is 0.280. The molecule has 0 aliphatic carbocycles. The number of aromatic nitrogens is 1. The molecule has 0 spiro atoms. The maximum Gasteiger partial charge on any atom is 0.259 e. The van der Waals surface area contributed by atoms with Crippen molar-refractivity contribution < 1.29 is 9.53 Å². The molecule has 4 nitrogen and oxygen atoms in total. The van der Waals surface area contributed by atoms with Crippen molar-refractivity contribution in [2.45, 2.75) is 39.7 Å². The lowest BCUT2D eigenvalue weighted by atomic mass is 9.87. The highest BCUT2D eigenvalue weighted by Crippen LogP contribution is 2.24. The molecule has 29 heavy (non-hydrogen) atoms. The van der Waals surface area contributed by atoms with Gasteiger partial charge in [-0.3, -0.25) is 9.69 Å².